The molecular weight excluding hydrogens is 417 g/mol. The molecule has 1 saturated heterocycles. The molecule has 1 atom stereocenters. The number of nitrogens with zero attached hydrogens (tertiary/aromatic N) is 2. The molecule has 1 fully saturated rings. The maximum atomic E-state index is 13.3. The van der Waals surface area contributed by atoms with E-state index in [1.807, 2.05) is 29.2 Å². The van der Waals surface area contributed by atoms with Gasteiger partial charge in [0.1, 0.15) is 11.6 Å². The summed E-state index contributed by atoms with van der Waals surface area (Å²) in [6.45, 7) is 13.0. The van der Waals surface area contributed by atoms with Crippen LogP contribution in [0.3, 0.4) is 0 Å². The molecule has 3 rings (SSSR count). The molecule has 5 nitrogen and oxygen atoms in total. The van der Waals surface area contributed by atoms with E-state index in [-0.39, 0.29) is 11.8 Å². The number of carbonyl (C=O) groups is 1. The molecule has 0 aromatic heterocycles. The van der Waals surface area contributed by atoms with Crippen molar-refractivity contribution >= 4 is 6.03 Å². The van der Waals surface area contributed by atoms with E-state index in [2.05, 4.69) is 37.9 Å². The third-order valence-corrected chi connectivity index (χ3v) is 6.05. The van der Waals surface area contributed by atoms with Gasteiger partial charge < -0.3 is 19.9 Å². The highest BCUT2D eigenvalue weighted by Gasteiger charge is 2.27. The lowest BCUT2D eigenvalue weighted by atomic mass is 10.1. The Morgan fingerprint density at radius 1 is 1.09 bits per heavy atom. The van der Waals surface area contributed by atoms with Gasteiger partial charge in [-0.25, -0.2) is 9.18 Å². The number of nitrogens with one attached hydrogen (secondary N) is 1. The minimum atomic E-state index is -0.265. The SMILES string of the molecule is CC(C)COc1ccc(CNC(=O)N(Cc2ccc(F)cc2)C[C@H]2CCN(C(C)C)C2)cc1. The van der Waals surface area contributed by atoms with Gasteiger partial charge in [-0.15, -0.1) is 0 Å². The molecule has 1 N–H and O–H groups in total. The molecule has 0 saturated carbocycles. The number of ether oxygens (including phenoxy) is 1. The molecule has 2 aromatic carbocycles. The van der Waals surface area contributed by atoms with E-state index in [9.17, 15) is 9.18 Å². The van der Waals surface area contributed by atoms with Crippen LogP contribution in [0.5, 0.6) is 5.75 Å². The van der Waals surface area contributed by atoms with Crippen molar-refractivity contribution in [2.24, 2.45) is 11.8 Å². The lowest BCUT2D eigenvalue weighted by Gasteiger charge is -2.27. The van der Waals surface area contributed by atoms with E-state index < -0.39 is 0 Å². The Labute approximate surface area is 197 Å². The second-order valence-electron chi connectivity index (χ2n) is 9.76. The summed E-state index contributed by atoms with van der Waals surface area (Å²) in [6, 6.07) is 14.7. The Bertz CT molecular complexity index is 868. The van der Waals surface area contributed by atoms with E-state index in [0.717, 1.165) is 36.4 Å². The standard InChI is InChI=1S/C27H38FN3O2/c1-20(2)19-33-26-11-7-22(8-12-26)15-29-27(32)31(16-23-5-9-25(28)10-6-23)18-24-13-14-30(17-24)21(3)4/h5-12,20-21,24H,13-19H2,1-4H3,(H,29,32)/t24-/m0/s1. The van der Waals surface area contributed by atoms with Crippen LogP contribution in [0.4, 0.5) is 9.18 Å². The van der Waals surface area contributed by atoms with Gasteiger partial charge in [-0.2, -0.15) is 0 Å². The van der Waals surface area contributed by atoms with Gasteiger partial charge in [0.2, 0.25) is 0 Å². The van der Waals surface area contributed by atoms with Crippen LogP contribution < -0.4 is 10.1 Å². The first-order valence-corrected chi connectivity index (χ1v) is 12.0. The zero-order valence-electron chi connectivity index (χ0n) is 20.4. The summed E-state index contributed by atoms with van der Waals surface area (Å²) in [4.78, 5) is 17.5. The van der Waals surface area contributed by atoms with Crippen molar-refractivity contribution in [2.75, 3.05) is 26.2 Å². The Morgan fingerprint density at radius 2 is 1.76 bits per heavy atom. The maximum absolute atomic E-state index is 13.3. The Morgan fingerprint density at radius 3 is 2.36 bits per heavy atom. The number of halogens is 1. The average molecular weight is 456 g/mol. The summed E-state index contributed by atoms with van der Waals surface area (Å²) in [6.07, 6.45) is 1.09. The van der Waals surface area contributed by atoms with Crippen molar-refractivity contribution < 1.29 is 13.9 Å². The first kappa shape index (κ1) is 25.0. The number of amides is 2. The largest absolute Gasteiger partial charge is 0.493 e. The fourth-order valence-electron chi connectivity index (χ4n) is 4.08. The van der Waals surface area contributed by atoms with E-state index in [1.165, 1.54) is 12.1 Å². The molecular formula is C27H38FN3O2. The summed E-state index contributed by atoms with van der Waals surface area (Å²) >= 11 is 0. The van der Waals surface area contributed by atoms with Crippen LogP contribution in [0, 0.1) is 17.7 Å². The van der Waals surface area contributed by atoms with Crippen LogP contribution in [-0.4, -0.2) is 48.1 Å². The third-order valence-electron chi connectivity index (χ3n) is 6.05. The molecule has 1 heterocycles. The van der Waals surface area contributed by atoms with Crippen LogP contribution >= 0.6 is 0 Å². The van der Waals surface area contributed by atoms with Gasteiger partial charge in [0.05, 0.1) is 6.61 Å². The molecule has 0 radical (unpaired) electrons. The summed E-state index contributed by atoms with van der Waals surface area (Å²) < 4.78 is 19.1. The Balaban J connectivity index is 1.60. The number of hydrogen-bond acceptors (Lipinski definition) is 3. The predicted octanol–water partition coefficient (Wildman–Crippen LogP) is 5.30. The molecule has 1 aliphatic rings. The first-order chi connectivity index (χ1) is 15.8. The van der Waals surface area contributed by atoms with Crippen LogP contribution in [0.25, 0.3) is 0 Å². The lowest BCUT2D eigenvalue weighted by Crippen LogP contribution is -2.42. The van der Waals surface area contributed by atoms with Crippen molar-refractivity contribution in [3.63, 3.8) is 0 Å². The second kappa shape index (κ2) is 12.0. The number of carbonyl (C=O) groups excluding carboxylic acids is 1. The van der Waals surface area contributed by atoms with Crippen molar-refractivity contribution in [3.05, 3.63) is 65.5 Å². The van der Waals surface area contributed by atoms with Gasteiger partial charge in [0.15, 0.2) is 0 Å². The van der Waals surface area contributed by atoms with Crippen molar-refractivity contribution in [3.8, 4) is 5.75 Å². The molecule has 0 bridgehead atoms. The fraction of sp³-hybridized carbons (Fsp3) is 0.519. The summed E-state index contributed by atoms with van der Waals surface area (Å²) in [7, 11) is 0. The molecule has 0 unspecified atom stereocenters. The van der Waals surface area contributed by atoms with Crippen LogP contribution in [0.15, 0.2) is 48.5 Å². The zero-order valence-corrected chi connectivity index (χ0v) is 20.4. The van der Waals surface area contributed by atoms with Gasteiger partial charge >= 0.3 is 6.03 Å². The number of urea groups is 1. The second-order valence-corrected chi connectivity index (χ2v) is 9.76. The predicted molar refractivity (Wildman–Crippen MR) is 131 cm³/mol. The highest BCUT2D eigenvalue weighted by atomic mass is 19.1. The Kier molecular flexibility index (Phi) is 9.12. The van der Waals surface area contributed by atoms with Crippen LogP contribution in [0.2, 0.25) is 0 Å². The average Bonchev–Trinajstić information content (AvgIpc) is 3.27. The summed E-state index contributed by atoms with van der Waals surface area (Å²) in [5, 5.41) is 3.07. The fourth-order valence-corrected chi connectivity index (χ4v) is 4.08. The molecule has 2 amide bonds. The van der Waals surface area contributed by atoms with Gasteiger partial charge in [0, 0.05) is 32.2 Å². The molecule has 33 heavy (non-hydrogen) atoms. The molecule has 6 heteroatoms. The van der Waals surface area contributed by atoms with Gasteiger partial charge in [-0.3, -0.25) is 0 Å². The van der Waals surface area contributed by atoms with E-state index in [0.29, 0.717) is 44.1 Å². The highest BCUT2D eigenvalue weighted by molar-refractivity contribution is 5.74. The van der Waals surface area contributed by atoms with E-state index >= 15 is 0 Å². The molecule has 0 aliphatic carbocycles. The number of rotatable bonds is 10. The van der Waals surface area contributed by atoms with Crippen molar-refractivity contribution in [2.45, 2.75) is 53.2 Å². The molecule has 0 spiro atoms. The van der Waals surface area contributed by atoms with Gasteiger partial charge in [-0.05, 0) is 74.0 Å². The molecule has 1 aliphatic heterocycles. The van der Waals surface area contributed by atoms with Crippen LogP contribution in [0.1, 0.15) is 45.2 Å². The normalized spacial score (nSPS) is 16.4. The number of likely N-dealkylation sites (tertiary alicyclic amines) is 1. The van der Waals surface area contributed by atoms with E-state index in [1.54, 1.807) is 12.1 Å². The highest BCUT2D eigenvalue weighted by Crippen LogP contribution is 2.21. The Hall–Kier alpha value is -2.60. The van der Waals surface area contributed by atoms with Gasteiger partial charge in [0.25, 0.3) is 0 Å². The van der Waals surface area contributed by atoms with Gasteiger partial charge in [-0.1, -0.05) is 38.1 Å². The quantitative estimate of drug-likeness (QED) is 0.529. The first-order valence-electron chi connectivity index (χ1n) is 12.0. The van der Waals surface area contributed by atoms with Crippen molar-refractivity contribution in [1.82, 2.24) is 15.1 Å². The topological polar surface area (TPSA) is 44.8 Å². The summed E-state index contributed by atoms with van der Waals surface area (Å²) in [5.74, 6) is 1.49. The summed E-state index contributed by atoms with van der Waals surface area (Å²) in [5.41, 5.74) is 1.95. The monoisotopic (exact) mass is 455 g/mol. The van der Waals surface area contributed by atoms with Crippen LogP contribution in [-0.2, 0) is 13.1 Å². The minimum absolute atomic E-state index is 0.0949. The molecule has 2 aromatic rings. The minimum Gasteiger partial charge on any atom is -0.493 e. The third kappa shape index (κ3) is 8.04. The lowest BCUT2D eigenvalue weighted by molar-refractivity contribution is 0.181. The smallest absolute Gasteiger partial charge is 0.317 e. The maximum Gasteiger partial charge on any atom is 0.317 e. The zero-order chi connectivity index (χ0) is 23.8. The van der Waals surface area contributed by atoms with E-state index in [4.69, 9.17) is 4.74 Å². The number of benzene rings is 2. The molecule has 180 valence electrons. The van der Waals surface area contributed by atoms with Crippen molar-refractivity contribution in [1.29, 1.82) is 0 Å². The number of hydrogen-bond donors (Lipinski definition) is 1.